The van der Waals surface area contributed by atoms with E-state index in [0.717, 1.165) is 29.9 Å². The summed E-state index contributed by atoms with van der Waals surface area (Å²) in [6.45, 7) is 2.29. The maximum Gasteiger partial charge on any atom is 0.0308 e. The molecule has 1 saturated heterocycles. The van der Waals surface area contributed by atoms with E-state index in [1.807, 2.05) is 6.07 Å². The SMILES string of the molecule is NC(CC1CCNCC1)c1ccccc1Br. The molecule has 3 N–H and O–H groups in total. The third-order valence-electron chi connectivity index (χ3n) is 3.35. The van der Waals surface area contributed by atoms with Crippen molar-refractivity contribution >= 4 is 15.9 Å². The first-order valence-electron chi connectivity index (χ1n) is 5.98. The van der Waals surface area contributed by atoms with Crippen molar-refractivity contribution in [2.75, 3.05) is 13.1 Å². The van der Waals surface area contributed by atoms with Gasteiger partial charge in [0.2, 0.25) is 0 Å². The van der Waals surface area contributed by atoms with Crippen LogP contribution in [0.1, 0.15) is 30.9 Å². The van der Waals surface area contributed by atoms with Crippen molar-refractivity contribution in [1.29, 1.82) is 0 Å². The van der Waals surface area contributed by atoms with Crippen molar-refractivity contribution < 1.29 is 0 Å². The van der Waals surface area contributed by atoms with E-state index in [9.17, 15) is 0 Å². The number of nitrogens with two attached hydrogens (primary N) is 1. The van der Waals surface area contributed by atoms with Crippen LogP contribution in [0.15, 0.2) is 28.7 Å². The molecule has 0 aliphatic carbocycles. The first-order chi connectivity index (χ1) is 7.77. The molecule has 1 heterocycles. The molecule has 3 heteroatoms. The Morgan fingerprint density at radius 3 is 2.69 bits per heavy atom. The van der Waals surface area contributed by atoms with Gasteiger partial charge in [0.1, 0.15) is 0 Å². The smallest absolute Gasteiger partial charge is 0.0308 e. The zero-order valence-electron chi connectivity index (χ0n) is 9.45. The molecule has 16 heavy (non-hydrogen) atoms. The van der Waals surface area contributed by atoms with Crippen LogP contribution in [-0.2, 0) is 0 Å². The third-order valence-corrected chi connectivity index (χ3v) is 4.07. The molecule has 1 atom stereocenters. The van der Waals surface area contributed by atoms with Crippen LogP contribution in [0.5, 0.6) is 0 Å². The minimum absolute atomic E-state index is 0.165. The summed E-state index contributed by atoms with van der Waals surface area (Å²) in [6.07, 6.45) is 3.63. The second-order valence-electron chi connectivity index (χ2n) is 4.56. The molecule has 0 bridgehead atoms. The molecule has 0 amide bonds. The van der Waals surface area contributed by atoms with Crippen molar-refractivity contribution in [3.63, 3.8) is 0 Å². The Hall–Kier alpha value is -0.380. The van der Waals surface area contributed by atoms with E-state index in [4.69, 9.17) is 5.73 Å². The van der Waals surface area contributed by atoms with Gasteiger partial charge in [0.25, 0.3) is 0 Å². The quantitative estimate of drug-likeness (QED) is 0.895. The molecular weight excluding hydrogens is 264 g/mol. The van der Waals surface area contributed by atoms with Gasteiger partial charge in [-0.25, -0.2) is 0 Å². The maximum atomic E-state index is 6.28. The van der Waals surface area contributed by atoms with Gasteiger partial charge in [0, 0.05) is 10.5 Å². The standard InChI is InChI=1S/C13H19BrN2/c14-12-4-2-1-3-11(12)13(15)9-10-5-7-16-8-6-10/h1-4,10,13,16H,5-9,15H2. The van der Waals surface area contributed by atoms with E-state index in [2.05, 4.69) is 39.4 Å². The molecule has 2 rings (SSSR count). The Balaban J connectivity index is 1.96. The summed E-state index contributed by atoms with van der Waals surface area (Å²) in [5, 5.41) is 3.39. The Morgan fingerprint density at radius 2 is 2.00 bits per heavy atom. The van der Waals surface area contributed by atoms with Crippen LogP contribution in [0.2, 0.25) is 0 Å². The van der Waals surface area contributed by atoms with Crippen LogP contribution in [0.25, 0.3) is 0 Å². The van der Waals surface area contributed by atoms with Gasteiger partial charge >= 0.3 is 0 Å². The van der Waals surface area contributed by atoms with Crippen molar-refractivity contribution in [3.8, 4) is 0 Å². The molecule has 1 aromatic carbocycles. The first kappa shape index (κ1) is 12.1. The molecule has 1 aliphatic heterocycles. The van der Waals surface area contributed by atoms with Crippen LogP contribution in [0.4, 0.5) is 0 Å². The normalized spacial score (nSPS) is 19.6. The van der Waals surface area contributed by atoms with E-state index in [1.165, 1.54) is 18.4 Å². The number of halogens is 1. The summed E-state index contributed by atoms with van der Waals surface area (Å²) < 4.78 is 1.14. The highest BCUT2D eigenvalue weighted by Gasteiger charge is 2.18. The monoisotopic (exact) mass is 282 g/mol. The van der Waals surface area contributed by atoms with Crippen molar-refractivity contribution in [3.05, 3.63) is 34.3 Å². The Kier molecular flexibility index (Phi) is 4.38. The highest BCUT2D eigenvalue weighted by atomic mass is 79.9. The lowest BCUT2D eigenvalue weighted by atomic mass is 9.89. The summed E-state index contributed by atoms with van der Waals surface area (Å²) >= 11 is 3.57. The van der Waals surface area contributed by atoms with E-state index in [0.29, 0.717) is 0 Å². The largest absolute Gasteiger partial charge is 0.324 e. The fraction of sp³-hybridized carbons (Fsp3) is 0.538. The van der Waals surface area contributed by atoms with E-state index >= 15 is 0 Å². The van der Waals surface area contributed by atoms with Gasteiger partial charge in [-0.1, -0.05) is 34.1 Å². The first-order valence-corrected chi connectivity index (χ1v) is 6.77. The average Bonchev–Trinajstić information content (AvgIpc) is 2.31. The predicted octanol–water partition coefficient (Wildman–Crippen LogP) is 2.84. The maximum absolute atomic E-state index is 6.28. The molecule has 1 aromatic rings. The summed E-state index contributed by atoms with van der Waals surface area (Å²) in [4.78, 5) is 0. The minimum Gasteiger partial charge on any atom is -0.324 e. The van der Waals surface area contributed by atoms with Gasteiger partial charge in [-0.05, 0) is 49.9 Å². The lowest BCUT2D eigenvalue weighted by molar-refractivity contribution is 0.332. The highest BCUT2D eigenvalue weighted by Crippen LogP contribution is 2.28. The van der Waals surface area contributed by atoms with Crippen LogP contribution in [-0.4, -0.2) is 13.1 Å². The summed E-state index contributed by atoms with van der Waals surface area (Å²) in [6, 6.07) is 8.44. The summed E-state index contributed by atoms with van der Waals surface area (Å²) in [5.74, 6) is 0.781. The number of benzene rings is 1. The van der Waals surface area contributed by atoms with E-state index in [1.54, 1.807) is 0 Å². The molecule has 1 fully saturated rings. The van der Waals surface area contributed by atoms with Crippen LogP contribution in [0.3, 0.4) is 0 Å². The van der Waals surface area contributed by atoms with Gasteiger partial charge in [-0.15, -0.1) is 0 Å². The number of hydrogen-bond acceptors (Lipinski definition) is 2. The number of hydrogen-bond donors (Lipinski definition) is 2. The molecule has 1 unspecified atom stereocenters. The zero-order chi connectivity index (χ0) is 11.4. The Morgan fingerprint density at radius 1 is 1.31 bits per heavy atom. The van der Waals surface area contributed by atoms with Gasteiger partial charge in [0.15, 0.2) is 0 Å². The predicted molar refractivity (Wildman–Crippen MR) is 71.3 cm³/mol. The fourth-order valence-corrected chi connectivity index (χ4v) is 2.96. The van der Waals surface area contributed by atoms with Gasteiger partial charge in [-0.2, -0.15) is 0 Å². The second-order valence-corrected chi connectivity index (χ2v) is 5.41. The van der Waals surface area contributed by atoms with Crippen LogP contribution in [0, 0.1) is 5.92 Å². The molecular formula is C13H19BrN2. The van der Waals surface area contributed by atoms with Gasteiger partial charge in [-0.3, -0.25) is 0 Å². The van der Waals surface area contributed by atoms with Crippen LogP contribution < -0.4 is 11.1 Å². The third kappa shape index (κ3) is 3.06. The van der Waals surface area contributed by atoms with Crippen molar-refractivity contribution in [2.24, 2.45) is 11.7 Å². The van der Waals surface area contributed by atoms with Gasteiger partial charge < -0.3 is 11.1 Å². The summed E-state index contributed by atoms with van der Waals surface area (Å²) in [7, 11) is 0. The molecule has 0 spiro atoms. The molecule has 88 valence electrons. The lowest BCUT2D eigenvalue weighted by Gasteiger charge is -2.25. The molecule has 0 aromatic heterocycles. The Bertz CT molecular complexity index is 334. The Labute approximate surface area is 106 Å². The van der Waals surface area contributed by atoms with Crippen LogP contribution >= 0.6 is 15.9 Å². The topological polar surface area (TPSA) is 38.0 Å². The van der Waals surface area contributed by atoms with E-state index in [-0.39, 0.29) is 6.04 Å². The molecule has 2 nitrogen and oxygen atoms in total. The average molecular weight is 283 g/mol. The molecule has 0 saturated carbocycles. The summed E-state index contributed by atoms with van der Waals surface area (Å²) in [5.41, 5.74) is 7.51. The number of nitrogens with one attached hydrogen (secondary N) is 1. The number of rotatable bonds is 3. The second kappa shape index (κ2) is 5.80. The van der Waals surface area contributed by atoms with Gasteiger partial charge in [0.05, 0.1) is 0 Å². The molecule has 0 radical (unpaired) electrons. The van der Waals surface area contributed by atoms with Crippen molar-refractivity contribution in [2.45, 2.75) is 25.3 Å². The van der Waals surface area contributed by atoms with E-state index < -0.39 is 0 Å². The highest BCUT2D eigenvalue weighted by molar-refractivity contribution is 9.10. The minimum atomic E-state index is 0.165. The molecule has 1 aliphatic rings. The number of piperidine rings is 1. The van der Waals surface area contributed by atoms with Crippen molar-refractivity contribution in [1.82, 2.24) is 5.32 Å². The fourth-order valence-electron chi connectivity index (χ4n) is 2.38. The lowest BCUT2D eigenvalue weighted by Crippen LogP contribution is -2.29. The zero-order valence-corrected chi connectivity index (χ0v) is 11.0.